The third-order valence-corrected chi connectivity index (χ3v) is 7.57. The van der Waals surface area contributed by atoms with E-state index in [-0.39, 0.29) is 6.07 Å². The molecule has 2 aliphatic carbocycles. The van der Waals surface area contributed by atoms with E-state index in [9.17, 15) is 52.7 Å². The van der Waals surface area contributed by atoms with Crippen LogP contribution >= 0.6 is 0 Å². The maximum absolute atomic E-state index is 15.7. The summed E-state index contributed by atoms with van der Waals surface area (Å²) < 4.78 is 245. The molecular formula is C30H7BF16O2. The van der Waals surface area contributed by atoms with Crippen molar-refractivity contribution in [3.63, 3.8) is 0 Å². The predicted molar refractivity (Wildman–Crippen MR) is 136 cm³/mol. The zero-order chi connectivity index (χ0) is 36.0. The fraction of sp³-hybridized carbons (Fsp3) is 0.0667. The van der Waals surface area contributed by atoms with Crippen LogP contribution in [0.3, 0.4) is 0 Å². The Morgan fingerprint density at radius 3 is 1.39 bits per heavy atom. The fourth-order valence-corrected chi connectivity index (χ4v) is 5.36. The summed E-state index contributed by atoms with van der Waals surface area (Å²) in [6.45, 7) is 0. The maximum Gasteiger partial charge on any atom is 0.499 e. The lowest BCUT2D eigenvalue weighted by atomic mass is 9.72. The molecule has 0 aliphatic heterocycles. The van der Waals surface area contributed by atoms with Gasteiger partial charge in [-0.05, 0) is 23.3 Å². The normalized spacial score (nSPS) is 17.0. The van der Waals surface area contributed by atoms with Gasteiger partial charge in [-0.2, -0.15) is 0 Å². The Labute approximate surface area is 261 Å². The molecule has 0 fully saturated rings. The lowest BCUT2D eigenvalue weighted by Crippen LogP contribution is -2.44. The van der Waals surface area contributed by atoms with Gasteiger partial charge in [-0.25, -0.2) is 70.2 Å². The molecule has 0 spiro atoms. The Morgan fingerprint density at radius 2 is 0.837 bits per heavy atom. The molecule has 0 saturated carbocycles. The van der Waals surface area contributed by atoms with Crippen molar-refractivity contribution < 1.29 is 79.6 Å². The lowest BCUT2D eigenvalue weighted by molar-refractivity contribution is 0.119. The molecule has 2 nitrogen and oxygen atoms in total. The highest BCUT2D eigenvalue weighted by Gasteiger charge is 2.47. The molecule has 6 rings (SSSR count). The predicted octanol–water partition coefficient (Wildman–Crippen LogP) is 9.48. The van der Waals surface area contributed by atoms with Crippen LogP contribution in [0.4, 0.5) is 70.2 Å². The van der Waals surface area contributed by atoms with Crippen LogP contribution in [0, 0.1) is 69.8 Å². The molecule has 4 aromatic rings. The van der Waals surface area contributed by atoms with Gasteiger partial charge in [0, 0.05) is 11.0 Å². The van der Waals surface area contributed by atoms with Gasteiger partial charge >= 0.3 is 7.12 Å². The van der Waals surface area contributed by atoms with Crippen molar-refractivity contribution in [1.29, 1.82) is 0 Å². The number of halogens is 16. The summed E-state index contributed by atoms with van der Waals surface area (Å²) in [6, 6.07) is 2.85. The molecule has 0 heterocycles. The quantitative estimate of drug-likeness (QED) is 0.0858. The van der Waals surface area contributed by atoms with Crippen molar-refractivity contribution in [2.45, 2.75) is 12.2 Å². The minimum Gasteiger partial charge on any atom is -0.393 e. The highest BCUT2D eigenvalue weighted by Crippen LogP contribution is 2.49. The Hall–Kier alpha value is -4.78. The van der Waals surface area contributed by atoms with E-state index in [2.05, 4.69) is 0 Å². The minimum atomic E-state index is -3.46. The van der Waals surface area contributed by atoms with Crippen molar-refractivity contribution >= 4 is 24.2 Å². The summed E-state index contributed by atoms with van der Waals surface area (Å²) in [5, 5.41) is 0. The first-order valence-electron chi connectivity index (χ1n) is 13.1. The van der Waals surface area contributed by atoms with Gasteiger partial charge in [0.1, 0.15) is 18.0 Å². The Bertz CT molecular complexity index is 2150. The summed E-state index contributed by atoms with van der Waals surface area (Å²) >= 11 is 0. The molecule has 2 unspecified atom stereocenters. The largest absolute Gasteiger partial charge is 0.499 e. The monoisotopic (exact) mass is 714 g/mol. The molecule has 2 atom stereocenters. The zero-order valence-corrected chi connectivity index (χ0v) is 23.0. The van der Waals surface area contributed by atoms with E-state index in [1.807, 2.05) is 0 Å². The van der Waals surface area contributed by atoms with Crippen LogP contribution in [-0.4, -0.2) is 7.12 Å². The second kappa shape index (κ2) is 12.0. The van der Waals surface area contributed by atoms with Gasteiger partial charge in [0.25, 0.3) is 0 Å². The van der Waals surface area contributed by atoms with E-state index >= 15 is 17.6 Å². The molecule has 19 heteroatoms. The summed E-state index contributed by atoms with van der Waals surface area (Å²) in [5.41, 5.74) is -11.8. The van der Waals surface area contributed by atoms with E-state index < -0.39 is 151 Å². The standard InChI is InChI=1S/C30H7BF16O2/c32-8-3-1-2-6-10(8)16(35)27(46)29(6)48-31(49-30-7-4-5-9(33)15(34)11(7)17(36)28(30)47)14-12(18(37)22(41)25(44)21(14)40)13-19(38)23(42)26(45)24(43)20(13)39/h1-5,29-30H. The van der Waals surface area contributed by atoms with Crippen LogP contribution in [0.1, 0.15) is 34.5 Å². The average molecular weight is 714 g/mol. The first kappa shape index (κ1) is 34.1. The van der Waals surface area contributed by atoms with E-state index in [0.29, 0.717) is 12.1 Å². The summed E-state index contributed by atoms with van der Waals surface area (Å²) in [5.74, 6) is -40.1. The first-order valence-corrected chi connectivity index (χ1v) is 13.1. The topological polar surface area (TPSA) is 18.5 Å². The molecule has 2 aliphatic rings. The van der Waals surface area contributed by atoms with Crippen LogP contribution in [0.5, 0.6) is 0 Å². The number of rotatable bonds is 6. The molecule has 0 amide bonds. The van der Waals surface area contributed by atoms with Gasteiger partial charge in [0.2, 0.25) is 5.82 Å². The fourth-order valence-electron chi connectivity index (χ4n) is 5.36. The third kappa shape index (κ3) is 4.92. The Balaban J connectivity index is 1.66. The SMILES string of the molecule is FC1=C(F)C(OB(OC2C(F)=C(F)c3c2ccc(F)c3F)c2c(F)c(F)c(F)c(F)c2-c2c(F)c(F)c(F)c(F)c2F)c2cccc(F)c21. The van der Waals surface area contributed by atoms with Gasteiger partial charge < -0.3 is 9.31 Å². The highest BCUT2D eigenvalue weighted by molar-refractivity contribution is 6.63. The third-order valence-electron chi connectivity index (χ3n) is 7.57. The molecule has 254 valence electrons. The van der Waals surface area contributed by atoms with Crippen molar-refractivity contribution in [3.8, 4) is 11.1 Å². The minimum absolute atomic E-state index is 0.262. The first-order chi connectivity index (χ1) is 23.0. The summed E-state index contributed by atoms with van der Waals surface area (Å²) in [7, 11) is -3.46. The van der Waals surface area contributed by atoms with Gasteiger partial charge in [0.05, 0.1) is 16.7 Å². The van der Waals surface area contributed by atoms with E-state index in [1.165, 1.54) is 0 Å². The van der Waals surface area contributed by atoms with Crippen molar-refractivity contribution in [1.82, 2.24) is 0 Å². The van der Waals surface area contributed by atoms with Gasteiger partial charge in [-0.1, -0.05) is 18.2 Å². The zero-order valence-electron chi connectivity index (χ0n) is 23.0. The molecule has 4 aromatic carbocycles. The van der Waals surface area contributed by atoms with Crippen LogP contribution in [0.15, 0.2) is 42.0 Å². The van der Waals surface area contributed by atoms with Crippen LogP contribution in [0.25, 0.3) is 22.8 Å². The molecular weight excluding hydrogens is 707 g/mol. The maximum atomic E-state index is 15.7. The molecule has 0 saturated heterocycles. The molecule has 0 N–H and O–H groups in total. The van der Waals surface area contributed by atoms with Crippen molar-refractivity contribution in [2.24, 2.45) is 0 Å². The average Bonchev–Trinajstić information content (AvgIpc) is 3.46. The van der Waals surface area contributed by atoms with Crippen LogP contribution in [-0.2, 0) is 9.31 Å². The molecule has 49 heavy (non-hydrogen) atoms. The number of hydrogen-bond acceptors (Lipinski definition) is 2. The number of hydrogen-bond donors (Lipinski definition) is 0. The molecule has 0 radical (unpaired) electrons. The summed E-state index contributed by atoms with van der Waals surface area (Å²) in [6.07, 6.45) is -5.58. The second-order valence-corrected chi connectivity index (χ2v) is 10.2. The van der Waals surface area contributed by atoms with Crippen LogP contribution < -0.4 is 5.46 Å². The lowest BCUT2D eigenvalue weighted by Gasteiger charge is -2.26. The number of fused-ring (bicyclic) bond motifs is 2. The van der Waals surface area contributed by atoms with Crippen molar-refractivity contribution in [2.75, 3.05) is 0 Å². The van der Waals surface area contributed by atoms with Crippen LogP contribution in [0.2, 0.25) is 0 Å². The highest BCUT2D eigenvalue weighted by atomic mass is 19.2. The van der Waals surface area contributed by atoms with E-state index in [1.54, 1.807) is 0 Å². The summed E-state index contributed by atoms with van der Waals surface area (Å²) in [4.78, 5) is 0. The number of benzene rings is 4. The van der Waals surface area contributed by atoms with E-state index in [4.69, 9.17) is 9.31 Å². The van der Waals surface area contributed by atoms with E-state index in [0.717, 1.165) is 12.1 Å². The smallest absolute Gasteiger partial charge is 0.393 e. The Morgan fingerprint density at radius 1 is 0.388 bits per heavy atom. The van der Waals surface area contributed by atoms with Crippen molar-refractivity contribution in [3.05, 3.63) is 134 Å². The second-order valence-electron chi connectivity index (χ2n) is 10.2. The van der Waals surface area contributed by atoms with Gasteiger partial charge in [-0.3, -0.25) is 0 Å². The molecule has 0 bridgehead atoms. The van der Waals surface area contributed by atoms with Gasteiger partial charge in [-0.15, -0.1) is 0 Å². The van der Waals surface area contributed by atoms with Gasteiger partial charge in [0.15, 0.2) is 81.5 Å². The Kier molecular flexibility index (Phi) is 8.33. The molecule has 0 aromatic heterocycles.